The molecule has 0 aromatic heterocycles. The van der Waals surface area contributed by atoms with Gasteiger partial charge in [-0.3, -0.25) is 37.3 Å². The van der Waals surface area contributed by atoms with E-state index in [0.717, 1.165) is 114 Å². The first-order valence-electron chi connectivity index (χ1n) is 40.2. The average Bonchev–Trinajstić information content (AvgIpc) is 1.22. The van der Waals surface area contributed by atoms with Gasteiger partial charge in [-0.2, -0.15) is 0 Å². The molecule has 0 heterocycles. The predicted molar refractivity (Wildman–Crippen MR) is 395 cm³/mol. The fourth-order valence-electron chi connectivity index (χ4n) is 11.9. The third-order valence-electron chi connectivity index (χ3n) is 18.4. The lowest BCUT2D eigenvalue weighted by Gasteiger charge is -2.21. The standard InChI is InChI=1S/C78H152O17P2/c1-9-71(8)57-49-41-33-25-18-14-10-11-15-19-26-34-42-50-58-75(80)88-64-73(94-78(83)61-53-45-36-28-22-21-24-31-39-47-55-69(4)5)66-92-96(84,85)90-62-72(79)63-91-97(86,87)93-67-74(65-89-76(81)59-51-43-37-29-32-40-48-56-70(6)7)95-77(82)60-52-44-35-27-20-16-12-13-17-23-30-38-46-54-68(2)3/h68-74,79H,9-67H2,1-8H3,(H,84,85)(H,86,87)/t71?,72?,73-,74-/m1/s1. The molecule has 3 N–H and O–H groups in total. The summed E-state index contributed by atoms with van der Waals surface area (Å²) in [5.74, 6) is 0.975. The Labute approximate surface area is 594 Å². The molecule has 0 fully saturated rings. The van der Waals surface area contributed by atoms with Crippen molar-refractivity contribution < 1.29 is 80.2 Å². The van der Waals surface area contributed by atoms with Crippen LogP contribution < -0.4 is 0 Å². The van der Waals surface area contributed by atoms with Crippen molar-refractivity contribution in [2.24, 2.45) is 23.7 Å². The Balaban J connectivity index is 5.23. The van der Waals surface area contributed by atoms with Crippen LogP contribution in [0.15, 0.2) is 0 Å². The van der Waals surface area contributed by atoms with Gasteiger partial charge < -0.3 is 33.8 Å². The molecule has 0 radical (unpaired) electrons. The van der Waals surface area contributed by atoms with Crippen LogP contribution in [0, 0.1) is 23.7 Å². The van der Waals surface area contributed by atoms with E-state index in [1.54, 1.807) is 0 Å². The molecule has 0 aromatic carbocycles. The highest BCUT2D eigenvalue weighted by atomic mass is 31.2. The lowest BCUT2D eigenvalue weighted by Crippen LogP contribution is -2.30. The third kappa shape index (κ3) is 70.9. The van der Waals surface area contributed by atoms with E-state index in [0.29, 0.717) is 31.6 Å². The quantitative estimate of drug-likeness (QED) is 0.0222. The van der Waals surface area contributed by atoms with Crippen molar-refractivity contribution in [3.05, 3.63) is 0 Å². The summed E-state index contributed by atoms with van der Waals surface area (Å²) in [6.45, 7) is 14.2. The zero-order chi connectivity index (χ0) is 71.7. The summed E-state index contributed by atoms with van der Waals surface area (Å²) in [6.07, 6.45) is 52.7. The highest BCUT2D eigenvalue weighted by Gasteiger charge is 2.30. The van der Waals surface area contributed by atoms with Crippen LogP contribution in [0.5, 0.6) is 0 Å². The van der Waals surface area contributed by atoms with Crippen molar-refractivity contribution in [3.8, 4) is 0 Å². The molecular formula is C78H152O17P2. The Bertz CT molecular complexity index is 1900. The number of phosphoric acid groups is 2. The first-order valence-corrected chi connectivity index (χ1v) is 43.2. The summed E-state index contributed by atoms with van der Waals surface area (Å²) in [7, 11) is -9.92. The van der Waals surface area contributed by atoms with Gasteiger partial charge in [0.05, 0.1) is 26.4 Å². The largest absolute Gasteiger partial charge is 0.472 e. The lowest BCUT2D eigenvalue weighted by atomic mass is 9.99. The molecule has 6 atom stereocenters. The van der Waals surface area contributed by atoms with Crippen LogP contribution in [0.4, 0.5) is 0 Å². The highest BCUT2D eigenvalue weighted by Crippen LogP contribution is 2.45. The molecule has 97 heavy (non-hydrogen) atoms. The van der Waals surface area contributed by atoms with E-state index in [1.807, 2.05) is 0 Å². The first-order chi connectivity index (χ1) is 46.6. The summed E-state index contributed by atoms with van der Waals surface area (Å²) in [4.78, 5) is 72.9. The number of aliphatic hydroxyl groups is 1. The summed E-state index contributed by atoms with van der Waals surface area (Å²) < 4.78 is 68.6. The number of hydrogen-bond donors (Lipinski definition) is 3. The minimum absolute atomic E-state index is 0.106. The van der Waals surface area contributed by atoms with Crippen molar-refractivity contribution in [1.82, 2.24) is 0 Å². The number of hydrogen-bond acceptors (Lipinski definition) is 15. The van der Waals surface area contributed by atoms with Crippen molar-refractivity contribution in [1.29, 1.82) is 0 Å². The zero-order valence-electron chi connectivity index (χ0n) is 63.7. The van der Waals surface area contributed by atoms with Crippen molar-refractivity contribution in [3.63, 3.8) is 0 Å². The van der Waals surface area contributed by atoms with Gasteiger partial charge in [-0.1, -0.05) is 344 Å². The molecule has 0 rings (SSSR count). The molecule has 19 heteroatoms. The smallest absolute Gasteiger partial charge is 0.462 e. The first kappa shape index (κ1) is 95.1. The Morgan fingerprint density at radius 1 is 0.289 bits per heavy atom. The number of esters is 4. The van der Waals surface area contributed by atoms with Crippen LogP contribution in [0.3, 0.4) is 0 Å². The number of carbonyl (C=O) groups is 4. The Hall–Kier alpha value is -1.94. The van der Waals surface area contributed by atoms with E-state index in [4.69, 9.17) is 37.0 Å². The molecule has 576 valence electrons. The fraction of sp³-hybridized carbons (Fsp3) is 0.949. The van der Waals surface area contributed by atoms with Gasteiger partial charge in [0.15, 0.2) is 12.2 Å². The van der Waals surface area contributed by atoms with Crippen LogP contribution >= 0.6 is 15.6 Å². The van der Waals surface area contributed by atoms with Crippen molar-refractivity contribution in [2.45, 2.75) is 414 Å². The van der Waals surface area contributed by atoms with E-state index < -0.39 is 97.5 Å². The van der Waals surface area contributed by atoms with Crippen LogP contribution in [0.25, 0.3) is 0 Å². The number of carbonyl (C=O) groups excluding carboxylic acids is 4. The molecule has 0 aliphatic heterocycles. The third-order valence-corrected chi connectivity index (χ3v) is 20.3. The minimum atomic E-state index is -4.96. The summed E-state index contributed by atoms with van der Waals surface area (Å²) in [6, 6.07) is 0. The molecule has 0 saturated heterocycles. The van der Waals surface area contributed by atoms with E-state index >= 15 is 0 Å². The van der Waals surface area contributed by atoms with Crippen LogP contribution in [-0.2, 0) is 65.4 Å². The van der Waals surface area contributed by atoms with Crippen LogP contribution in [0.1, 0.15) is 396 Å². The van der Waals surface area contributed by atoms with Crippen LogP contribution in [0.2, 0.25) is 0 Å². The second kappa shape index (κ2) is 67.2. The fourth-order valence-corrected chi connectivity index (χ4v) is 13.5. The van der Waals surface area contributed by atoms with E-state index in [-0.39, 0.29) is 25.7 Å². The van der Waals surface area contributed by atoms with Gasteiger partial charge in [-0.15, -0.1) is 0 Å². The Kier molecular flexibility index (Phi) is 65.9. The molecule has 0 aliphatic carbocycles. The number of phosphoric ester groups is 2. The topological polar surface area (TPSA) is 237 Å². The van der Waals surface area contributed by atoms with Gasteiger partial charge in [0.2, 0.25) is 0 Å². The van der Waals surface area contributed by atoms with Crippen molar-refractivity contribution in [2.75, 3.05) is 39.6 Å². The maximum Gasteiger partial charge on any atom is 0.472 e. The average molecular weight is 1420 g/mol. The number of rotatable bonds is 75. The normalized spacial score (nSPS) is 14.4. The predicted octanol–water partition coefficient (Wildman–Crippen LogP) is 22.8. The summed E-state index contributed by atoms with van der Waals surface area (Å²) >= 11 is 0. The van der Waals surface area contributed by atoms with E-state index in [2.05, 4.69) is 55.4 Å². The molecule has 0 aromatic rings. The monoisotopic (exact) mass is 1420 g/mol. The molecule has 0 bridgehead atoms. The second-order valence-electron chi connectivity index (χ2n) is 29.8. The molecule has 17 nitrogen and oxygen atoms in total. The minimum Gasteiger partial charge on any atom is -0.462 e. The number of unbranched alkanes of at least 4 members (excludes halogenated alkanes) is 40. The number of aliphatic hydroxyl groups excluding tert-OH is 1. The maximum absolute atomic E-state index is 13.1. The molecule has 0 amide bonds. The summed E-state index contributed by atoms with van der Waals surface area (Å²) in [5, 5.41) is 10.6. The van der Waals surface area contributed by atoms with Gasteiger partial charge >= 0.3 is 39.5 Å². The second-order valence-corrected chi connectivity index (χ2v) is 32.7. The van der Waals surface area contributed by atoms with Crippen molar-refractivity contribution >= 4 is 39.5 Å². The van der Waals surface area contributed by atoms with Gasteiger partial charge in [0, 0.05) is 25.7 Å². The molecular weight excluding hydrogens is 1270 g/mol. The Morgan fingerprint density at radius 2 is 0.495 bits per heavy atom. The van der Waals surface area contributed by atoms with E-state index in [1.165, 1.54) is 193 Å². The van der Waals surface area contributed by atoms with E-state index in [9.17, 15) is 43.2 Å². The van der Waals surface area contributed by atoms with Gasteiger partial charge in [0.25, 0.3) is 0 Å². The number of ether oxygens (including phenoxy) is 4. The van der Waals surface area contributed by atoms with Gasteiger partial charge in [-0.05, 0) is 49.4 Å². The molecule has 0 spiro atoms. The van der Waals surface area contributed by atoms with Crippen LogP contribution in [-0.4, -0.2) is 96.7 Å². The van der Waals surface area contributed by atoms with Gasteiger partial charge in [-0.25, -0.2) is 9.13 Å². The maximum atomic E-state index is 13.1. The summed E-state index contributed by atoms with van der Waals surface area (Å²) in [5.41, 5.74) is 0. The zero-order valence-corrected chi connectivity index (χ0v) is 65.5. The lowest BCUT2D eigenvalue weighted by molar-refractivity contribution is -0.161. The van der Waals surface area contributed by atoms with Gasteiger partial charge in [0.1, 0.15) is 19.3 Å². The Morgan fingerprint density at radius 3 is 0.732 bits per heavy atom. The highest BCUT2D eigenvalue weighted by molar-refractivity contribution is 7.47. The SMILES string of the molecule is CCC(C)CCCCCCCCCCCCCCCCC(=O)OC[C@H](COP(=O)(O)OCC(O)COP(=O)(O)OC[C@@H](COC(=O)CCCCCCCCCC(C)C)OC(=O)CCCCCCCCCCCCCCCC(C)C)OC(=O)CCCCCCCCCCCCC(C)C. The molecule has 4 unspecified atom stereocenters. The molecule has 0 saturated carbocycles. The molecule has 0 aliphatic rings.